The van der Waals surface area contributed by atoms with E-state index in [1.54, 1.807) is 0 Å². The zero-order valence-corrected chi connectivity index (χ0v) is 39.1. The molecule has 0 aromatic carbocycles. The van der Waals surface area contributed by atoms with Crippen LogP contribution in [0.4, 0.5) is 0 Å². The first-order valence-corrected chi connectivity index (χ1v) is 26.0. The van der Waals surface area contributed by atoms with Crippen LogP contribution in [0.5, 0.6) is 0 Å². The predicted octanol–water partition coefficient (Wildman–Crippen LogP) is 14.5. The minimum atomic E-state index is -4.38. The molecule has 3 N–H and O–H groups in total. The number of phosphoric ester groups is 1. The Bertz CT molecular complexity index is 1060. The van der Waals surface area contributed by atoms with Crippen molar-refractivity contribution in [3.05, 3.63) is 36.5 Å². The lowest BCUT2D eigenvalue weighted by Gasteiger charge is -2.19. The third-order valence-electron chi connectivity index (χ3n) is 10.5. The van der Waals surface area contributed by atoms with Gasteiger partial charge in [-0.15, -0.1) is 0 Å². The number of ether oxygens (including phenoxy) is 2. The third-order valence-corrected chi connectivity index (χ3v) is 11.5. The summed E-state index contributed by atoms with van der Waals surface area (Å²) in [7, 11) is -4.38. The Morgan fingerprint density at radius 2 is 0.881 bits per heavy atom. The molecule has 0 spiro atoms. The molecule has 0 bridgehead atoms. The average molecular weight is 854 g/mol. The van der Waals surface area contributed by atoms with Crippen LogP contribution in [0.15, 0.2) is 36.5 Å². The van der Waals surface area contributed by atoms with E-state index in [1.807, 2.05) is 0 Å². The number of esters is 2. The van der Waals surface area contributed by atoms with Crippen LogP contribution in [-0.2, 0) is 32.7 Å². The standard InChI is InChI=1S/C49H92NO8P/c1-3-5-7-9-11-13-15-17-19-21-22-23-24-26-28-30-32-34-36-38-40-42-49(52)58-47(46-57-59(53,54)56-44-43-50)45-55-48(51)41-39-37-35-33-31-29-27-25-20-18-16-14-12-10-8-6-4-2/h12,14,17-20,47H,3-11,13,15-16,21-46,50H2,1-2H3,(H,53,54). The molecule has 2 atom stereocenters. The molecule has 0 aromatic rings. The molecule has 2 unspecified atom stereocenters. The number of unbranched alkanes of at least 4 members (excludes halogenated alkanes) is 27. The fourth-order valence-corrected chi connectivity index (χ4v) is 7.60. The van der Waals surface area contributed by atoms with Crippen LogP contribution in [0.2, 0.25) is 0 Å². The summed E-state index contributed by atoms with van der Waals surface area (Å²) in [6.45, 7) is 3.72. The Morgan fingerprint density at radius 1 is 0.508 bits per heavy atom. The van der Waals surface area contributed by atoms with Gasteiger partial charge in [-0.05, 0) is 70.6 Å². The molecular weight excluding hydrogens is 762 g/mol. The lowest BCUT2D eigenvalue weighted by atomic mass is 10.0. The van der Waals surface area contributed by atoms with Gasteiger partial charge in [0.1, 0.15) is 6.61 Å². The van der Waals surface area contributed by atoms with Crippen molar-refractivity contribution >= 4 is 19.8 Å². The highest BCUT2D eigenvalue weighted by Gasteiger charge is 2.26. The molecule has 0 aromatic heterocycles. The number of allylic oxidation sites excluding steroid dienone is 6. The van der Waals surface area contributed by atoms with E-state index in [4.69, 9.17) is 24.3 Å². The monoisotopic (exact) mass is 854 g/mol. The fourth-order valence-electron chi connectivity index (χ4n) is 6.84. The largest absolute Gasteiger partial charge is 0.472 e. The van der Waals surface area contributed by atoms with E-state index in [9.17, 15) is 19.0 Å². The summed E-state index contributed by atoms with van der Waals surface area (Å²) in [4.78, 5) is 35.0. The highest BCUT2D eigenvalue weighted by atomic mass is 31.2. The van der Waals surface area contributed by atoms with Crippen molar-refractivity contribution in [1.82, 2.24) is 0 Å². The second-order valence-corrected chi connectivity index (χ2v) is 17.8. The van der Waals surface area contributed by atoms with Crippen molar-refractivity contribution in [2.75, 3.05) is 26.4 Å². The van der Waals surface area contributed by atoms with Crippen LogP contribution < -0.4 is 5.73 Å². The Balaban J connectivity index is 4.07. The maximum atomic E-state index is 12.6. The molecule has 346 valence electrons. The van der Waals surface area contributed by atoms with Gasteiger partial charge in [0.05, 0.1) is 13.2 Å². The van der Waals surface area contributed by atoms with Gasteiger partial charge in [-0.3, -0.25) is 18.6 Å². The van der Waals surface area contributed by atoms with Gasteiger partial charge in [0, 0.05) is 19.4 Å². The van der Waals surface area contributed by atoms with Gasteiger partial charge in [0.2, 0.25) is 0 Å². The Hall–Kier alpha value is -1.77. The minimum Gasteiger partial charge on any atom is -0.462 e. The number of hydrogen-bond acceptors (Lipinski definition) is 8. The highest BCUT2D eigenvalue weighted by Crippen LogP contribution is 2.43. The molecule has 9 nitrogen and oxygen atoms in total. The van der Waals surface area contributed by atoms with Gasteiger partial charge in [0.25, 0.3) is 0 Å². The maximum Gasteiger partial charge on any atom is 0.472 e. The zero-order valence-electron chi connectivity index (χ0n) is 38.2. The number of carbonyl (C=O) groups excluding carboxylic acids is 2. The van der Waals surface area contributed by atoms with Crippen LogP contribution in [0.1, 0.15) is 232 Å². The summed E-state index contributed by atoms with van der Waals surface area (Å²) in [5.74, 6) is -0.832. The SMILES string of the molecule is CCCCCC=CCC=CCCCCCCCCCC(=O)OCC(COP(=O)(O)OCCN)OC(=O)CCCCCCCCCCCCCC=CCCCCCCCC. The van der Waals surface area contributed by atoms with Gasteiger partial charge in [0.15, 0.2) is 6.10 Å². The quantitative estimate of drug-likeness (QED) is 0.0265. The maximum absolute atomic E-state index is 12.6. The van der Waals surface area contributed by atoms with Crippen LogP contribution in [0, 0.1) is 0 Å². The van der Waals surface area contributed by atoms with E-state index < -0.39 is 26.5 Å². The molecule has 0 fully saturated rings. The van der Waals surface area contributed by atoms with Crippen molar-refractivity contribution in [1.29, 1.82) is 0 Å². The van der Waals surface area contributed by atoms with Gasteiger partial charge >= 0.3 is 19.8 Å². The van der Waals surface area contributed by atoms with Crippen molar-refractivity contribution in [3.63, 3.8) is 0 Å². The van der Waals surface area contributed by atoms with E-state index in [-0.39, 0.29) is 38.6 Å². The van der Waals surface area contributed by atoms with E-state index in [2.05, 4.69) is 50.3 Å². The molecule has 0 aliphatic carbocycles. The third kappa shape index (κ3) is 45.6. The topological polar surface area (TPSA) is 134 Å². The van der Waals surface area contributed by atoms with Crippen LogP contribution in [0.3, 0.4) is 0 Å². The molecule has 10 heteroatoms. The molecule has 0 aliphatic rings. The molecule has 0 saturated carbocycles. The summed E-state index contributed by atoms with van der Waals surface area (Å²) >= 11 is 0. The number of rotatable bonds is 46. The van der Waals surface area contributed by atoms with Crippen LogP contribution >= 0.6 is 7.82 Å². The normalized spacial score (nSPS) is 13.5. The van der Waals surface area contributed by atoms with Gasteiger partial charge < -0.3 is 20.1 Å². The first kappa shape index (κ1) is 57.2. The molecule has 0 rings (SSSR count). The van der Waals surface area contributed by atoms with E-state index in [0.717, 1.165) is 57.8 Å². The lowest BCUT2D eigenvalue weighted by molar-refractivity contribution is -0.161. The van der Waals surface area contributed by atoms with Crippen molar-refractivity contribution < 1.29 is 37.6 Å². The second-order valence-electron chi connectivity index (χ2n) is 16.3. The average Bonchev–Trinajstić information content (AvgIpc) is 3.22. The second kappa shape index (κ2) is 45.7. The molecule has 0 amide bonds. The Labute approximate surface area is 363 Å². The summed E-state index contributed by atoms with van der Waals surface area (Å²) < 4.78 is 32.9. The van der Waals surface area contributed by atoms with E-state index in [0.29, 0.717) is 6.42 Å². The lowest BCUT2D eigenvalue weighted by Crippen LogP contribution is -2.29. The molecule has 0 heterocycles. The fraction of sp³-hybridized carbons (Fsp3) is 0.837. The Kier molecular flexibility index (Phi) is 44.4. The molecule has 59 heavy (non-hydrogen) atoms. The highest BCUT2D eigenvalue weighted by molar-refractivity contribution is 7.47. The zero-order chi connectivity index (χ0) is 43.2. The van der Waals surface area contributed by atoms with Crippen molar-refractivity contribution in [3.8, 4) is 0 Å². The van der Waals surface area contributed by atoms with E-state index >= 15 is 0 Å². The van der Waals surface area contributed by atoms with Gasteiger partial charge in [-0.1, -0.05) is 185 Å². The molecule has 0 saturated heterocycles. The van der Waals surface area contributed by atoms with Gasteiger partial charge in [-0.2, -0.15) is 0 Å². The summed E-state index contributed by atoms with van der Waals surface area (Å²) in [5.41, 5.74) is 5.36. The summed E-state index contributed by atoms with van der Waals surface area (Å²) in [6, 6.07) is 0. The number of nitrogens with two attached hydrogens (primary N) is 1. The predicted molar refractivity (Wildman–Crippen MR) is 247 cm³/mol. The van der Waals surface area contributed by atoms with Crippen LogP contribution in [-0.4, -0.2) is 49.3 Å². The minimum absolute atomic E-state index is 0.0524. The van der Waals surface area contributed by atoms with Crippen molar-refractivity contribution in [2.24, 2.45) is 5.73 Å². The molecule has 0 aliphatic heterocycles. The summed E-state index contributed by atoms with van der Waals surface area (Å²) in [5, 5.41) is 0. The van der Waals surface area contributed by atoms with Gasteiger partial charge in [-0.25, -0.2) is 4.57 Å². The first-order valence-electron chi connectivity index (χ1n) is 24.5. The Morgan fingerprint density at radius 3 is 1.34 bits per heavy atom. The number of phosphoric acid groups is 1. The smallest absolute Gasteiger partial charge is 0.462 e. The van der Waals surface area contributed by atoms with E-state index in [1.165, 1.54) is 141 Å². The number of hydrogen-bond donors (Lipinski definition) is 2. The number of carbonyl (C=O) groups is 2. The summed E-state index contributed by atoms with van der Waals surface area (Å²) in [6.07, 6.45) is 51.7. The van der Waals surface area contributed by atoms with Crippen LogP contribution in [0.25, 0.3) is 0 Å². The first-order chi connectivity index (χ1) is 28.8. The molecular formula is C49H92NO8P. The van der Waals surface area contributed by atoms with Crippen molar-refractivity contribution in [2.45, 2.75) is 238 Å². The molecule has 0 radical (unpaired) electrons.